The van der Waals surface area contributed by atoms with Crippen LogP contribution in [0.15, 0.2) is 12.3 Å². The summed E-state index contributed by atoms with van der Waals surface area (Å²) in [6, 6.07) is 4.00. The Bertz CT molecular complexity index is 412. The second kappa shape index (κ2) is 4.52. The van der Waals surface area contributed by atoms with Gasteiger partial charge in [0.1, 0.15) is 11.9 Å². The molecule has 1 aromatic heterocycles. The summed E-state index contributed by atoms with van der Waals surface area (Å²) in [5.74, 6) is 1.75. The molecule has 0 atom stereocenters. The van der Waals surface area contributed by atoms with E-state index in [-0.39, 0.29) is 0 Å². The maximum Gasteiger partial charge on any atom is 0.141 e. The predicted octanol–water partition coefficient (Wildman–Crippen LogP) is 2.83. The zero-order valence-electron chi connectivity index (χ0n) is 9.61. The van der Waals surface area contributed by atoms with Crippen molar-refractivity contribution in [3.63, 3.8) is 0 Å². The number of nitriles is 1. The normalized spacial score (nSPS) is 25.0. The van der Waals surface area contributed by atoms with Crippen molar-refractivity contribution in [1.29, 1.82) is 5.26 Å². The first-order valence-corrected chi connectivity index (χ1v) is 5.86. The van der Waals surface area contributed by atoms with Crippen LogP contribution in [0.1, 0.15) is 49.7 Å². The van der Waals surface area contributed by atoms with Gasteiger partial charge in [-0.3, -0.25) is 0 Å². The lowest BCUT2D eigenvalue weighted by Gasteiger charge is -2.26. The van der Waals surface area contributed by atoms with Crippen LogP contribution in [0, 0.1) is 17.2 Å². The Labute approximate surface area is 96.3 Å². The van der Waals surface area contributed by atoms with E-state index >= 15 is 0 Å². The predicted molar refractivity (Wildman–Crippen MR) is 63.7 cm³/mol. The Hall–Kier alpha value is -1.56. The van der Waals surface area contributed by atoms with E-state index in [2.05, 4.69) is 18.0 Å². The van der Waals surface area contributed by atoms with E-state index in [0.717, 1.165) is 5.92 Å². The van der Waals surface area contributed by atoms with Gasteiger partial charge in [-0.1, -0.05) is 19.8 Å². The van der Waals surface area contributed by atoms with Crippen LogP contribution in [0.3, 0.4) is 0 Å². The summed E-state index contributed by atoms with van der Waals surface area (Å²) in [5.41, 5.74) is 7.31. The largest absolute Gasteiger partial charge is 0.383 e. The molecule has 3 heteroatoms. The van der Waals surface area contributed by atoms with E-state index in [9.17, 15) is 0 Å². The molecule has 1 saturated carbocycles. The molecule has 0 radical (unpaired) electrons. The third kappa shape index (κ3) is 2.16. The Morgan fingerprint density at radius 1 is 1.38 bits per heavy atom. The SMILES string of the molecule is C[C@H]1CC[C@H](c2cnc(N)c(C#N)c2)CC1. The summed E-state index contributed by atoms with van der Waals surface area (Å²) < 4.78 is 0. The Kier molecular flexibility index (Phi) is 3.09. The maximum atomic E-state index is 8.91. The van der Waals surface area contributed by atoms with E-state index < -0.39 is 0 Å². The Morgan fingerprint density at radius 2 is 2.06 bits per heavy atom. The first-order chi connectivity index (χ1) is 7.70. The molecular weight excluding hydrogens is 198 g/mol. The molecule has 0 bridgehead atoms. The lowest BCUT2D eigenvalue weighted by atomic mass is 9.80. The van der Waals surface area contributed by atoms with Crippen molar-refractivity contribution in [3.8, 4) is 6.07 Å². The summed E-state index contributed by atoms with van der Waals surface area (Å²) >= 11 is 0. The van der Waals surface area contributed by atoms with Crippen molar-refractivity contribution in [2.75, 3.05) is 5.73 Å². The van der Waals surface area contributed by atoms with Crippen molar-refractivity contribution in [1.82, 2.24) is 4.98 Å². The van der Waals surface area contributed by atoms with Gasteiger partial charge in [-0.05, 0) is 36.3 Å². The van der Waals surface area contributed by atoms with Crippen molar-refractivity contribution in [2.45, 2.75) is 38.5 Å². The second-order valence-corrected chi connectivity index (χ2v) is 4.77. The zero-order valence-corrected chi connectivity index (χ0v) is 9.61. The minimum Gasteiger partial charge on any atom is -0.383 e. The van der Waals surface area contributed by atoms with Crippen LogP contribution in [0.2, 0.25) is 0 Å². The number of hydrogen-bond acceptors (Lipinski definition) is 3. The molecule has 2 rings (SSSR count). The highest BCUT2D eigenvalue weighted by Crippen LogP contribution is 2.35. The molecule has 84 valence electrons. The summed E-state index contributed by atoms with van der Waals surface area (Å²) in [6.07, 6.45) is 6.79. The van der Waals surface area contributed by atoms with Crippen molar-refractivity contribution < 1.29 is 0 Å². The van der Waals surface area contributed by atoms with Crippen LogP contribution in [0.25, 0.3) is 0 Å². The van der Waals surface area contributed by atoms with Crippen molar-refractivity contribution in [2.24, 2.45) is 5.92 Å². The average Bonchev–Trinajstić information content (AvgIpc) is 2.31. The molecule has 0 saturated heterocycles. The van der Waals surface area contributed by atoms with Crippen LogP contribution in [0.5, 0.6) is 0 Å². The number of nitrogens with zero attached hydrogens (tertiary/aromatic N) is 2. The highest BCUT2D eigenvalue weighted by Gasteiger charge is 2.20. The fourth-order valence-corrected chi connectivity index (χ4v) is 2.40. The molecule has 1 aliphatic carbocycles. The quantitative estimate of drug-likeness (QED) is 0.783. The smallest absolute Gasteiger partial charge is 0.141 e. The van der Waals surface area contributed by atoms with Gasteiger partial charge in [-0.2, -0.15) is 5.26 Å². The van der Waals surface area contributed by atoms with Crippen molar-refractivity contribution >= 4 is 5.82 Å². The second-order valence-electron chi connectivity index (χ2n) is 4.77. The van der Waals surface area contributed by atoms with Crippen LogP contribution in [0.4, 0.5) is 5.82 Å². The number of anilines is 1. The lowest BCUT2D eigenvalue weighted by molar-refractivity contribution is 0.347. The molecule has 3 nitrogen and oxygen atoms in total. The molecule has 1 aromatic rings. The van der Waals surface area contributed by atoms with Gasteiger partial charge in [-0.15, -0.1) is 0 Å². The van der Waals surface area contributed by atoms with E-state index in [1.807, 2.05) is 12.3 Å². The van der Waals surface area contributed by atoms with E-state index in [1.165, 1.54) is 31.2 Å². The standard InChI is InChI=1S/C13H17N3/c1-9-2-4-10(5-3-9)12-6-11(7-14)13(15)16-8-12/h6,8-10H,2-5H2,1H3,(H2,15,16)/t9-,10-. The number of nitrogens with two attached hydrogens (primary N) is 1. The van der Waals surface area contributed by atoms with Gasteiger partial charge in [0, 0.05) is 6.20 Å². The lowest BCUT2D eigenvalue weighted by Crippen LogP contribution is -2.11. The Balaban J connectivity index is 2.18. The number of nitrogen functional groups attached to an aromatic ring is 1. The molecule has 0 unspecified atom stereocenters. The van der Waals surface area contributed by atoms with Gasteiger partial charge < -0.3 is 5.73 Å². The van der Waals surface area contributed by atoms with E-state index in [1.54, 1.807) is 0 Å². The highest BCUT2D eigenvalue weighted by atomic mass is 14.8. The average molecular weight is 215 g/mol. The molecule has 0 spiro atoms. The summed E-state index contributed by atoms with van der Waals surface area (Å²) in [7, 11) is 0. The van der Waals surface area contributed by atoms with E-state index in [0.29, 0.717) is 17.3 Å². The minimum absolute atomic E-state index is 0.343. The number of hydrogen-bond donors (Lipinski definition) is 1. The minimum atomic E-state index is 0.343. The third-order valence-electron chi connectivity index (χ3n) is 3.55. The van der Waals surface area contributed by atoms with Crippen LogP contribution < -0.4 is 5.73 Å². The van der Waals surface area contributed by atoms with Gasteiger partial charge in [0.15, 0.2) is 0 Å². The van der Waals surface area contributed by atoms with Gasteiger partial charge >= 0.3 is 0 Å². The zero-order chi connectivity index (χ0) is 11.5. The van der Waals surface area contributed by atoms with Crippen LogP contribution in [-0.2, 0) is 0 Å². The first-order valence-electron chi connectivity index (χ1n) is 5.86. The number of aromatic nitrogens is 1. The van der Waals surface area contributed by atoms with Gasteiger partial charge in [0.25, 0.3) is 0 Å². The molecule has 1 heterocycles. The summed E-state index contributed by atoms with van der Waals surface area (Å²) in [4.78, 5) is 4.10. The van der Waals surface area contributed by atoms with E-state index in [4.69, 9.17) is 11.0 Å². The summed E-state index contributed by atoms with van der Waals surface area (Å²) in [5, 5.41) is 8.91. The molecule has 1 fully saturated rings. The van der Waals surface area contributed by atoms with Crippen molar-refractivity contribution in [3.05, 3.63) is 23.4 Å². The van der Waals surface area contributed by atoms with Crippen LogP contribution in [-0.4, -0.2) is 4.98 Å². The topological polar surface area (TPSA) is 62.7 Å². The number of pyridine rings is 1. The molecule has 0 amide bonds. The third-order valence-corrected chi connectivity index (χ3v) is 3.55. The maximum absolute atomic E-state index is 8.91. The fraction of sp³-hybridized carbons (Fsp3) is 0.538. The molecular formula is C13H17N3. The molecule has 0 aliphatic heterocycles. The van der Waals surface area contributed by atoms with Gasteiger partial charge in [0.2, 0.25) is 0 Å². The molecule has 0 aromatic carbocycles. The fourth-order valence-electron chi connectivity index (χ4n) is 2.40. The molecule has 2 N–H and O–H groups in total. The van der Waals surface area contributed by atoms with Gasteiger partial charge in [-0.25, -0.2) is 4.98 Å². The molecule has 1 aliphatic rings. The van der Waals surface area contributed by atoms with Crippen LogP contribution >= 0.6 is 0 Å². The first kappa shape index (κ1) is 10.9. The van der Waals surface area contributed by atoms with Gasteiger partial charge in [0.05, 0.1) is 5.56 Å². The Morgan fingerprint density at radius 3 is 2.69 bits per heavy atom. The monoisotopic (exact) mass is 215 g/mol. The highest BCUT2D eigenvalue weighted by molar-refractivity contribution is 5.49. The molecule has 16 heavy (non-hydrogen) atoms. The summed E-state index contributed by atoms with van der Waals surface area (Å²) in [6.45, 7) is 2.30. The number of rotatable bonds is 1.